The van der Waals surface area contributed by atoms with Crippen LogP contribution >= 0.6 is 0 Å². The van der Waals surface area contributed by atoms with E-state index in [0.717, 1.165) is 16.7 Å². The summed E-state index contributed by atoms with van der Waals surface area (Å²) < 4.78 is 26.9. The third kappa shape index (κ3) is 4.35. The van der Waals surface area contributed by atoms with Crippen LogP contribution in [0.4, 0.5) is 8.78 Å². The minimum atomic E-state index is -0.335. The van der Waals surface area contributed by atoms with Gasteiger partial charge in [0.25, 0.3) is 0 Å². The molecule has 148 valence electrons. The standard InChI is InChI=1S/C24H21F2NO2/c25-19-7-3-17(4-8-19)24(18-5-9-20(26)10-6-18)22-14-27(15-23(22)29)13-16-1-11-21(28)12-2-16/h1-12,22,24,28H,13-15H2. The van der Waals surface area contributed by atoms with Crippen LogP contribution in [0, 0.1) is 17.6 Å². The molecular formula is C24H21F2NO2. The average Bonchev–Trinajstić information content (AvgIpc) is 3.06. The van der Waals surface area contributed by atoms with Crippen molar-refractivity contribution in [1.29, 1.82) is 0 Å². The van der Waals surface area contributed by atoms with Gasteiger partial charge in [0.15, 0.2) is 5.78 Å². The number of rotatable bonds is 5. The SMILES string of the molecule is O=C1CN(Cc2ccc(O)cc2)CC1C(c1ccc(F)cc1)c1ccc(F)cc1. The van der Waals surface area contributed by atoms with Gasteiger partial charge in [-0.15, -0.1) is 0 Å². The number of hydrogen-bond acceptors (Lipinski definition) is 3. The first-order valence-electron chi connectivity index (χ1n) is 9.53. The van der Waals surface area contributed by atoms with E-state index in [-0.39, 0.29) is 35.0 Å². The second-order valence-electron chi connectivity index (χ2n) is 7.49. The van der Waals surface area contributed by atoms with Crippen molar-refractivity contribution in [2.45, 2.75) is 12.5 Å². The second-order valence-corrected chi connectivity index (χ2v) is 7.49. The largest absolute Gasteiger partial charge is 0.508 e. The molecule has 0 aliphatic carbocycles. The van der Waals surface area contributed by atoms with Crippen molar-refractivity contribution in [2.24, 2.45) is 5.92 Å². The molecule has 29 heavy (non-hydrogen) atoms. The molecule has 1 atom stereocenters. The highest BCUT2D eigenvalue weighted by Gasteiger charge is 2.38. The molecule has 4 rings (SSSR count). The van der Waals surface area contributed by atoms with Crippen LogP contribution in [0.2, 0.25) is 0 Å². The molecule has 1 saturated heterocycles. The Morgan fingerprint density at radius 1 is 0.862 bits per heavy atom. The number of hydrogen-bond donors (Lipinski definition) is 1. The van der Waals surface area contributed by atoms with E-state index < -0.39 is 0 Å². The van der Waals surface area contributed by atoms with Crippen LogP contribution in [0.15, 0.2) is 72.8 Å². The number of carbonyl (C=O) groups excluding carboxylic acids is 1. The van der Waals surface area contributed by atoms with Gasteiger partial charge in [0.05, 0.1) is 6.54 Å². The monoisotopic (exact) mass is 393 g/mol. The Balaban J connectivity index is 1.61. The van der Waals surface area contributed by atoms with Crippen molar-refractivity contribution in [3.8, 4) is 5.75 Å². The molecule has 1 heterocycles. The minimum absolute atomic E-state index is 0.113. The maximum absolute atomic E-state index is 13.4. The summed E-state index contributed by atoms with van der Waals surface area (Å²) in [7, 11) is 0. The summed E-state index contributed by atoms with van der Waals surface area (Å²) in [5, 5.41) is 9.44. The molecule has 3 nitrogen and oxygen atoms in total. The molecule has 1 aliphatic heterocycles. The summed E-state index contributed by atoms with van der Waals surface area (Å²) in [6.45, 7) is 1.48. The zero-order valence-corrected chi connectivity index (χ0v) is 15.8. The van der Waals surface area contributed by atoms with Gasteiger partial charge in [-0.2, -0.15) is 0 Å². The highest BCUT2D eigenvalue weighted by molar-refractivity contribution is 5.86. The van der Waals surface area contributed by atoms with E-state index in [1.54, 1.807) is 36.4 Å². The normalized spacial score (nSPS) is 17.2. The van der Waals surface area contributed by atoms with Crippen LogP contribution in [-0.4, -0.2) is 28.9 Å². The Morgan fingerprint density at radius 3 is 1.90 bits per heavy atom. The molecule has 1 fully saturated rings. The molecule has 1 unspecified atom stereocenters. The highest BCUT2D eigenvalue weighted by Crippen LogP contribution is 2.36. The van der Waals surface area contributed by atoms with Gasteiger partial charge >= 0.3 is 0 Å². The quantitative estimate of drug-likeness (QED) is 0.694. The topological polar surface area (TPSA) is 40.5 Å². The van der Waals surface area contributed by atoms with Crippen LogP contribution in [0.1, 0.15) is 22.6 Å². The molecule has 1 aliphatic rings. The number of benzene rings is 3. The van der Waals surface area contributed by atoms with Crippen LogP contribution in [0.3, 0.4) is 0 Å². The van der Waals surface area contributed by atoms with Gasteiger partial charge in [-0.1, -0.05) is 36.4 Å². The Bertz CT molecular complexity index is 939. The Morgan fingerprint density at radius 2 is 1.38 bits per heavy atom. The van der Waals surface area contributed by atoms with Crippen LogP contribution in [0.25, 0.3) is 0 Å². The fourth-order valence-corrected chi connectivity index (χ4v) is 4.05. The van der Waals surface area contributed by atoms with Crippen LogP contribution < -0.4 is 0 Å². The number of Topliss-reactive ketones (excluding diaryl/α,β-unsaturated/α-hetero) is 1. The van der Waals surface area contributed by atoms with Gasteiger partial charge in [-0.05, 0) is 53.1 Å². The third-order valence-electron chi connectivity index (χ3n) is 5.45. The van der Waals surface area contributed by atoms with Crippen molar-refractivity contribution in [3.05, 3.63) is 101 Å². The van der Waals surface area contributed by atoms with Crippen LogP contribution in [0.5, 0.6) is 5.75 Å². The van der Waals surface area contributed by atoms with Gasteiger partial charge in [0.2, 0.25) is 0 Å². The minimum Gasteiger partial charge on any atom is -0.508 e. The maximum Gasteiger partial charge on any atom is 0.152 e. The lowest BCUT2D eigenvalue weighted by atomic mass is 9.79. The molecule has 0 saturated carbocycles. The Labute approximate surface area is 168 Å². The number of carbonyl (C=O) groups is 1. The second kappa shape index (κ2) is 8.13. The van der Waals surface area contributed by atoms with E-state index in [9.17, 15) is 18.7 Å². The number of nitrogens with zero attached hydrogens (tertiary/aromatic N) is 1. The first-order valence-corrected chi connectivity index (χ1v) is 9.53. The molecule has 0 bridgehead atoms. The molecule has 3 aromatic carbocycles. The van der Waals surface area contributed by atoms with E-state index in [1.165, 1.54) is 24.3 Å². The first-order chi connectivity index (χ1) is 14.0. The van der Waals surface area contributed by atoms with Crippen LogP contribution in [-0.2, 0) is 11.3 Å². The molecule has 0 aromatic heterocycles. The number of halogens is 2. The number of likely N-dealkylation sites (tertiary alicyclic amines) is 1. The zero-order valence-electron chi connectivity index (χ0n) is 15.8. The molecule has 0 spiro atoms. The third-order valence-corrected chi connectivity index (χ3v) is 5.45. The summed E-state index contributed by atoms with van der Waals surface area (Å²) in [4.78, 5) is 15.0. The van der Waals surface area contributed by atoms with Crippen molar-refractivity contribution >= 4 is 5.78 Å². The summed E-state index contributed by atoms with van der Waals surface area (Å²) >= 11 is 0. The highest BCUT2D eigenvalue weighted by atomic mass is 19.1. The first kappa shape index (κ1) is 19.3. The molecule has 0 radical (unpaired) electrons. The maximum atomic E-state index is 13.4. The van der Waals surface area contributed by atoms with Crippen molar-refractivity contribution in [1.82, 2.24) is 4.90 Å². The van der Waals surface area contributed by atoms with Gasteiger partial charge in [0, 0.05) is 24.9 Å². The molecule has 1 N–H and O–H groups in total. The summed E-state index contributed by atoms with van der Waals surface area (Å²) in [6, 6.07) is 19.3. The lowest BCUT2D eigenvalue weighted by molar-refractivity contribution is -0.120. The van der Waals surface area contributed by atoms with E-state index in [2.05, 4.69) is 4.90 Å². The van der Waals surface area contributed by atoms with Crippen molar-refractivity contribution < 1.29 is 18.7 Å². The van der Waals surface area contributed by atoms with Gasteiger partial charge in [0.1, 0.15) is 17.4 Å². The zero-order chi connectivity index (χ0) is 20.4. The Hall–Kier alpha value is -3.05. The average molecular weight is 393 g/mol. The summed E-state index contributed by atoms with van der Waals surface area (Å²) in [5.41, 5.74) is 2.68. The van der Waals surface area contributed by atoms with Gasteiger partial charge in [-0.3, -0.25) is 9.69 Å². The summed E-state index contributed by atoms with van der Waals surface area (Å²) in [5.74, 6) is -0.924. The van der Waals surface area contributed by atoms with E-state index in [4.69, 9.17) is 0 Å². The molecule has 5 heteroatoms. The predicted octanol–water partition coefficient (Wildman–Crippen LogP) is 4.50. The predicted molar refractivity (Wildman–Crippen MR) is 107 cm³/mol. The Kier molecular flexibility index (Phi) is 5.41. The fourth-order valence-electron chi connectivity index (χ4n) is 4.05. The lowest BCUT2D eigenvalue weighted by Crippen LogP contribution is -2.23. The van der Waals surface area contributed by atoms with Gasteiger partial charge in [-0.25, -0.2) is 8.78 Å². The van der Waals surface area contributed by atoms with Crippen molar-refractivity contribution in [2.75, 3.05) is 13.1 Å². The fraction of sp³-hybridized carbons (Fsp3) is 0.208. The smallest absolute Gasteiger partial charge is 0.152 e. The molecular weight excluding hydrogens is 372 g/mol. The van der Waals surface area contributed by atoms with Crippen molar-refractivity contribution in [3.63, 3.8) is 0 Å². The van der Waals surface area contributed by atoms with E-state index in [1.807, 2.05) is 12.1 Å². The summed E-state index contributed by atoms with van der Waals surface area (Å²) in [6.07, 6.45) is 0. The lowest BCUT2D eigenvalue weighted by Gasteiger charge is -2.24. The number of aromatic hydroxyl groups is 1. The van der Waals surface area contributed by atoms with E-state index in [0.29, 0.717) is 19.6 Å². The number of phenols is 1. The molecule has 0 amide bonds. The molecule has 3 aromatic rings. The number of ketones is 1. The van der Waals surface area contributed by atoms with Gasteiger partial charge < -0.3 is 5.11 Å². The van der Waals surface area contributed by atoms with E-state index >= 15 is 0 Å². The number of phenolic OH excluding ortho intramolecular Hbond substituents is 1.